The monoisotopic (exact) mass is 275 g/mol. The Labute approximate surface area is 123 Å². The second kappa shape index (κ2) is 7.12. The van der Waals surface area contributed by atoms with Gasteiger partial charge in [-0.05, 0) is 62.6 Å². The molecule has 0 aliphatic heterocycles. The van der Waals surface area contributed by atoms with Crippen molar-refractivity contribution in [2.45, 2.75) is 65.6 Å². The van der Waals surface area contributed by atoms with Gasteiger partial charge in [0.1, 0.15) is 5.75 Å². The van der Waals surface area contributed by atoms with Crippen LogP contribution in [0.25, 0.3) is 0 Å². The van der Waals surface area contributed by atoms with E-state index in [9.17, 15) is 0 Å². The lowest BCUT2D eigenvalue weighted by molar-refractivity contribution is 0.226. The Hall–Kier alpha value is -1.02. The van der Waals surface area contributed by atoms with Crippen LogP contribution in [0.1, 0.15) is 52.5 Å². The van der Waals surface area contributed by atoms with Crippen LogP contribution in [0.15, 0.2) is 24.3 Å². The SMILES string of the molecule is CC1CCC(NCc2cccc(OC(C)C)c2)C(C)C1. The molecule has 0 saturated heterocycles. The normalized spacial score (nSPS) is 26.8. The summed E-state index contributed by atoms with van der Waals surface area (Å²) in [5.41, 5.74) is 1.31. The van der Waals surface area contributed by atoms with Gasteiger partial charge in [0.05, 0.1) is 6.10 Å². The summed E-state index contributed by atoms with van der Waals surface area (Å²) in [5.74, 6) is 2.66. The number of ether oxygens (including phenoxy) is 1. The molecule has 20 heavy (non-hydrogen) atoms. The van der Waals surface area contributed by atoms with Crippen LogP contribution in [0.5, 0.6) is 5.75 Å². The zero-order chi connectivity index (χ0) is 14.5. The number of hydrogen-bond donors (Lipinski definition) is 1. The molecule has 1 aliphatic carbocycles. The van der Waals surface area contributed by atoms with Gasteiger partial charge in [-0.1, -0.05) is 26.0 Å². The minimum Gasteiger partial charge on any atom is -0.491 e. The van der Waals surface area contributed by atoms with Crippen molar-refractivity contribution < 1.29 is 4.74 Å². The maximum atomic E-state index is 5.75. The zero-order valence-corrected chi connectivity index (χ0v) is 13.4. The second-order valence-electron chi connectivity index (χ2n) is 6.70. The van der Waals surface area contributed by atoms with E-state index in [1.54, 1.807) is 0 Å². The first-order valence-electron chi connectivity index (χ1n) is 8.03. The van der Waals surface area contributed by atoms with Crippen molar-refractivity contribution in [3.63, 3.8) is 0 Å². The Bertz CT molecular complexity index is 416. The molecule has 0 aromatic heterocycles. The van der Waals surface area contributed by atoms with Gasteiger partial charge in [-0.15, -0.1) is 0 Å². The van der Waals surface area contributed by atoms with Crippen LogP contribution in [0, 0.1) is 11.8 Å². The van der Waals surface area contributed by atoms with Gasteiger partial charge in [-0.3, -0.25) is 0 Å². The Kier molecular flexibility index (Phi) is 5.47. The van der Waals surface area contributed by atoms with Gasteiger partial charge < -0.3 is 10.1 Å². The van der Waals surface area contributed by atoms with Crippen molar-refractivity contribution in [1.82, 2.24) is 5.32 Å². The van der Waals surface area contributed by atoms with Crippen LogP contribution in [0.4, 0.5) is 0 Å². The van der Waals surface area contributed by atoms with E-state index >= 15 is 0 Å². The molecule has 0 radical (unpaired) electrons. The topological polar surface area (TPSA) is 21.3 Å². The molecule has 1 saturated carbocycles. The summed E-state index contributed by atoms with van der Waals surface area (Å²) < 4.78 is 5.75. The van der Waals surface area contributed by atoms with E-state index in [0.717, 1.165) is 24.1 Å². The third-order valence-electron chi connectivity index (χ3n) is 4.27. The van der Waals surface area contributed by atoms with Gasteiger partial charge in [0.15, 0.2) is 0 Å². The van der Waals surface area contributed by atoms with E-state index in [0.29, 0.717) is 6.04 Å². The van der Waals surface area contributed by atoms with Crippen LogP contribution < -0.4 is 10.1 Å². The summed E-state index contributed by atoms with van der Waals surface area (Å²) in [6.45, 7) is 9.83. The largest absolute Gasteiger partial charge is 0.491 e. The first-order chi connectivity index (χ1) is 9.54. The van der Waals surface area contributed by atoms with Crippen LogP contribution in [-0.4, -0.2) is 12.1 Å². The van der Waals surface area contributed by atoms with Crippen molar-refractivity contribution in [2.75, 3.05) is 0 Å². The molecule has 0 spiro atoms. The number of nitrogens with one attached hydrogen (secondary N) is 1. The average Bonchev–Trinajstić information content (AvgIpc) is 2.37. The predicted molar refractivity (Wildman–Crippen MR) is 85.0 cm³/mol. The molecule has 1 fully saturated rings. The minimum atomic E-state index is 0.234. The molecule has 1 aromatic carbocycles. The fourth-order valence-electron chi connectivity index (χ4n) is 3.22. The van der Waals surface area contributed by atoms with Gasteiger partial charge >= 0.3 is 0 Å². The molecule has 1 aromatic rings. The van der Waals surface area contributed by atoms with Crippen LogP contribution in [-0.2, 0) is 6.54 Å². The van der Waals surface area contributed by atoms with Crippen LogP contribution >= 0.6 is 0 Å². The van der Waals surface area contributed by atoms with Gasteiger partial charge in [-0.2, -0.15) is 0 Å². The molecule has 2 rings (SSSR count). The lowest BCUT2D eigenvalue weighted by atomic mass is 9.80. The van der Waals surface area contributed by atoms with Crippen molar-refractivity contribution in [3.05, 3.63) is 29.8 Å². The fraction of sp³-hybridized carbons (Fsp3) is 0.667. The smallest absolute Gasteiger partial charge is 0.120 e. The van der Waals surface area contributed by atoms with E-state index in [4.69, 9.17) is 4.74 Å². The zero-order valence-electron chi connectivity index (χ0n) is 13.4. The average molecular weight is 275 g/mol. The van der Waals surface area contributed by atoms with Gasteiger partial charge in [-0.25, -0.2) is 0 Å². The van der Waals surface area contributed by atoms with Gasteiger partial charge in [0.2, 0.25) is 0 Å². The first-order valence-corrected chi connectivity index (χ1v) is 8.03. The second-order valence-corrected chi connectivity index (χ2v) is 6.70. The molecule has 0 amide bonds. The maximum Gasteiger partial charge on any atom is 0.120 e. The van der Waals surface area contributed by atoms with E-state index in [1.165, 1.54) is 24.8 Å². The Morgan fingerprint density at radius 1 is 1.25 bits per heavy atom. The molecular formula is C18H29NO. The van der Waals surface area contributed by atoms with Crippen molar-refractivity contribution in [3.8, 4) is 5.75 Å². The van der Waals surface area contributed by atoms with Crippen molar-refractivity contribution in [2.24, 2.45) is 11.8 Å². The standard InChI is InChI=1S/C18H29NO/c1-13(2)20-17-7-5-6-16(11-17)12-19-18-9-8-14(3)10-15(18)4/h5-7,11,13-15,18-19H,8-10,12H2,1-4H3. The molecule has 0 heterocycles. The van der Waals surface area contributed by atoms with Gasteiger partial charge in [0.25, 0.3) is 0 Å². The summed E-state index contributed by atoms with van der Waals surface area (Å²) in [6, 6.07) is 9.12. The molecule has 2 nitrogen and oxygen atoms in total. The molecule has 0 bridgehead atoms. The summed E-state index contributed by atoms with van der Waals surface area (Å²) in [6.07, 6.45) is 4.26. The van der Waals surface area contributed by atoms with Crippen molar-refractivity contribution in [1.29, 1.82) is 0 Å². The third-order valence-corrected chi connectivity index (χ3v) is 4.27. The highest BCUT2D eigenvalue weighted by atomic mass is 16.5. The lowest BCUT2D eigenvalue weighted by Gasteiger charge is -2.33. The molecule has 3 atom stereocenters. The van der Waals surface area contributed by atoms with Gasteiger partial charge in [0, 0.05) is 12.6 Å². The molecule has 1 aliphatic rings. The Morgan fingerprint density at radius 3 is 2.75 bits per heavy atom. The fourth-order valence-corrected chi connectivity index (χ4v) is 3.22. The first kappa shape index (κ1) is 15.4. The van der Waals surface area contributed by atoms with E-state index in [2.05, 4.69) is 51.2 Å². The summed E-state index contributed by atoms with van der Waals surface area (Å²) in [5, 5.41) is 3.73. The van der Waals surface area contributed by atoms with E-state index in [-0.39, 0.29) is 6.10 Å². The molecule has 2 heteroatoms. The Balaban J connectivity index is 1.87. The minimum absolute atomic E-state index is 0.234. The predicted octanol–water partition coefficient (Wildman–Crippen LogP) is 4.39. The third kappa shape index (κ3) is 4.52. The molecular weight excluding hydrogens is 246 g/mol. The van der Waals surface area contributed by atoms with Crippen LogP contribution in [0.2, 0.25) is 0 Å². The lowest BCUT2D eigenvalue weighted by Crippen LogP contribution is -2.38. The van der Waals surface area contributed by atoms with E-state index in [1.807, 2.05) is 6.07 Å². The van der Waals surface area contributed by atoms with Crippen molar-refractivity contribution >= 4 is 0 Å². The quantitative estimate of drug-likeness (QED) is 0.860. The highest BCUT2D eigenvalue weighted by molar-refractivity contribution is 5.28. The van der Waals surface area contributed by atoms with Crippen LogP contribution in [0.3, 0.4) is 0 Å². The number of benzene rings is 1. The van der Waals surface area contributed by atoms with E-state index < -0.39 is 0 Å². The Morgan fingerprint density at radius 2 is 2.05 bits per heavy atom. The molecule has 1 N–H and O–H groups in total. The maximum absolute atomic E-state index is 5.75. The summed E-state index contributed by atoms with van der Waals surface area (Å²) >= 11 is 0. The number of rotatable bonds is 5. The summed E-state index contributed by atoms with van der Waals surface area (Å²) in [7, 11) is 0. The molecule has 112 valence electrons. The highest BCUT2D eigenvalue weighted by Gasteiger charge is 2.24. The number of hydrogen-bond acceptors (Lipinski definition) is 2. The molecule has 3 unspecified atom stereocenters. The summed E-state index contributed by atoms with van der Waals surface area (Å²) in [4.78, 5) is 0. The highest BCUT2D eigenvalue weighted by Crippen LogP contribution is 2.28.